The first-order valence-corrected chi connectivity index (χ1v) is 6.56. The Morgan fingerprint density at radius 1 is 1.37 bits per heavy atom. The lowest BCUT2D eigenvalue weighted by Crippen LogP contribution is -2.24. The molecular weight excluding hydrogens is 236 g/mol. The molecule has 1 atom stereocenters. The summed E-state index contributed by atoms with van der Waals surface area (Å²) in [6.07, 6.45) is 0. The van der Waals surface area contributed by atoms with Gasteiger partial charge in [-0.25, -0.2) is 0 Å². The predicted molar refractivity (Wildman–Crippen MR) is 79.7 cm³/mol. The third-order valence-corrected chi connectivity index (χ3v) is 3.24. The van der Waals surface area contributed by atoms with E-state index in [1.807, 2.05) is 45.9 Å². The summed E-state index contributed by atoms with van der Waals surface area (Å²) in [7, 11) is 0. The third kappa shape index (κ3) is 4.42. The summed E-state index contributed by atoms with van der Waals surface area (Å²) < 4.78 is 0. The number of amides is 1. The minimum atomic E-state index is -0.0140. The van der Waals surface area contributed by atoms with E-state index in [4.69, 9.17) is 5.73 Å². The number of benzene rings is 1. The van der Waals surface area contributed by atoms with Gasteiger partial charge in [-0.15, -0.1) is 0 Å². The molecule has 1 unspecified atom stereocenters. The van der Waals surface area contributed by atoms with E-state index in [0.717, 1.165) is 16.8 Å². The van der Waals surface area contributed by atoms with Crippen LogP contribution >= 0.6 is 0 Å². The smallest absolute Gasteiger partial charge is 0.227 e. The molecule has 1 rings (SSSR count). The van der Waals surface area contributed by atoms with E-state index < -0.39 is 0 Å². The predicted octanol–water partition coefficient (Wildman–Crippen LogP) is 2.54. The molecule has 0 radical (unpaired) electrons. The monoisotopic (exact) mass is 258 g/mol. The van der Waals surface area contributed by atoms with Gasteiger partial charge in [-0.2, -0.15) is 0 Å². The second-order valence-corrected chi connectivity index (χ2v) is 5.06. The van der Waals surface area contributed by atoms with Gasteiger partial charge in [0, 0.05) is 17.2 Å². The van der Waals surface area contributed by atoms with Crippen molar-refractivity contribution in [2.75, 3.05) is 11.9 Å². The highest BCUT2D eigenvalue weighted by Gasteiger charge is 2.16. The molecule has 0 aliphatic rings. The van der Waals surface area contributed by atoms with Crippen molar-refractivity contribution in [2.45, 2.75) is 27.7 Å². The van der Waals surface area contributed by atoms with Gasteiger partial charge in [-0.05, 0) is 30.5 Å². The summed E-state index contributed by atoms with van der Waals surface area (Å²) >= 11 is 0. The first-order valence-electron chi connectivity index (χ1n) is 6.56. The van der Waals surface area contributed by atoms with E-state index in [1.165, 1.54) is 0 Å². The summed E-state index contributed by atoms with van der Waals surface area (Å²) in [5.41, 5.74) is 8.14. The normalized spacial score (nSPS) is 11.7. The zero-order chi connectivity index (χ0) is 14.4. The van der Waals surface area contributed by atoms with Crippen LogP contribution < -0.4 is 11.1 Å². The van der Waals surface area contributed by atoms with Gasteiger partial charge in [-0.1, -0.05) is 38.7 Å². The first kappa shape index (κ1) is 15.3. The number of nitrogens with one attached hydrogen (secondary N) is 1. The van der Waals surface area contributed by atoms with Crippen LogP contribution in [0.4, 0.5) is 5.69 Å². The molecule has 0 spiro atoms. The second-order valence-electron chi connectivity index (χ2n) is 5.06. The van der Waals surface area contributed by atoms with Crippen molar-refractivity contribution >= 4 is 11.6 Å². The largest absolute Gasteiger partial charge is 0.326 e. The van der Waals surface area contributed by atoms with Gasteiger partial charge in [0.15, 0.2) is 0 Å². The fourth-order valence-corrected chi connectivity index (χ4v) is 1.54. The number of nitrogens with two attached hydrogens (primary N) is 1. The Hall–Kier alpha value is -1.79. The summed E-state index contributed by atoms with van der Waals surface area (Å²) in [5.74, 6) is 6.19. The summed E-state index contributed by atoms with van der Waals surface area (Å²) in [6.45, 7) is 8.34. The fourth-order valence-electron chi connectivity index (χ4n) is 1.54. The average Bonchev–Trinajstić information content (AvgIpc) is 2.38. The highest BCUT2D eigenvalue weighted by molar-refractivity contribution is 5.92. The number of hydrogen-bond donors (Lipinski definition) is 2. The molecule has 0 aliphatic heterocycles. The van der Waals surface area contributed by atoms with Gasteiger partial charge in [0.05, 0.1) is 6.54 Å². The van der Waals surface area contributed by atoms with Crippen molar-refractivity contribution in [3.63, 3.8) is 0 Å². The Morgan fingerprint density at radius 2 is 2.05 bits per heavy atom. The Kier molecular flexibility index (Phi) is 5.59. The maximum absolute atomic E-state index is 12.0. The fraction of sp³-hybridized carbons (Fsp3) is 0.438. The second kappa shape index (κ2) is 6.96. The third-order valence-electron chi connectivity index (χ3n) is 3.24. The van der Waals surface area contributed by atoms with Crippen LogP contribution in [0, 0.1) is 30.6 Å². The lowest BCUT2D eigenvalue weighted by Gasteiger charge is -2.15. The van der Waals surface area contributed by atoms with E-state index in [-0.39, 0.29) is 11.8 Å². The molecular formula is C16H22N2O. The lowest BCUT2D eigenvalue weighted by atomic mass is 9.97. The highest BCUT2D eigenvalue weighted by atomic mass is 16.1. The van der Waals surface area contributed by atoms with Crippen LogP contribution in [0.15, 0.2) is 18.2 Å². The van der Waals surface area contributed by atoms with Crippen LogP contribution in [0.25, 0.3) is 0 Å². The molecule has 3 nitrogen and oxygen atoms in total. The Balaban J connectivity index is 2.88. The number of carbonyl (C=O) groups excluding carboxylic acids is 1. The molecule has 0 aliphatic carbocycles. The average molecular weight is 258 g/mol. The van der Waals surface area contributed by atoms with E-state index in [1.54, 1.807) is 0 Å². The van der Waals surface area contributed by atoms with Gasteiger partial charge in [0.2, 0.25) is 5.91 Å². The van der Waals surface area contributed by atoms with Gasteiger partial charge < -0.3 is 11.1 Å². The number of aryl methyl sites for hydroxylation is 1. The Morgan fingerprint density at radius 3 is 2.63 bits per heavy atom. The minimum Gasteiger partial charge on any atom is -0.326 e. The summed E-state index contributed by atoms with van der Waals surface area (Å²) in [6, 6.07) is 5.74. The quantitative estimate of drug-likeness (QED) is 0.819. The van der Waals surface area contributed by atoms with E-state index >= 15 is 0 Å². The van der Waals surface area contributed by atoms with E-state index in [0.29, 0.717) is 12.5 Å². The maximum Gasteiger partial charge on any atom is 0.227 e. The van der Waals surface area contributed by atoms with Crippen LogP contribution in [-0.4, -0.2) is 12.5 Å². The summed E-state index contributed by atoms with van der Waals surface area (Å²) in [5, 5.41) is 2.93. The first-order chi connectivity index (χ1) is 8.95. The maximum atomic E-state index is 12.0. The molecule has 1 aromatic carbocycles. The molecule has 19 heavy (non-hydrogen) atoms. The van der Waals surface area contributed by atoms with Crippen molar-refractivity contribution in [1.29, 1.82) is 0 Å². The van der Waals surface area contributed by atoms with Crippen LogP contribution in [0.3, 0.4) is 0 Å². The molecule has 3 N–H and O–H groups in total. The lowest BCUT2D eigenvalue weighted by molar-refractivity contribution is -0.120. The zero-order valence-electron chi connectivity index (χ0n) is 12.1. The molecule has 0 bridgehead atoms. The molecule has 0 heterocycles. The van der Waals surface area contributed by atoms with Gasteiger partial charge >= 0.3 is 0 Å². The van der Waals surface area contributed by atoms with E-state index in [9.17, 15) is 4.79 Å². The van der Waals surface area contributed by atoms with Gasteiger partial charge in [0.25, 0.3) is 0 Å². The van der Waals surface area contributed by atoms with Crippen molar-refractivity contribution in [2.24, 2.45) is 17.6 Å². The van der Waals surface area contributed by atoms with Crippen LogP contribution in [0.5, 0.6) is 0 Å². The van der Waals surface area contributed by atoms with Crippen LogP contribution in [0.2, 0.25) is 0 Å². The highest BCUT2D eigenvalue weighted by Crippen LogP contribution is 2.17. The van der Waals surface area contributed by atoms with Gasteiger partial charge in [0.1, 0.15) is 0 Å². The van der Waals surface area contributed by atoms with Crippen LogP contribution in [0.1, 0.15) is 31.9 Å². The molecule has 1 amide bonds. The molecule has 3 heteroatoms. The number of rotatable bonds is 3. The number of anilines is 1. The molecule has 0 saturated heterocycles. The van der Waals surface area contributed by atoms with Crippen molar-refractivity contribution < 1.29 is 4.79 Å². The number of hydrogen-bond acceptors (Lipinski definition) is 2. The van der Waals surface area contributed by atoms with Crippen molar-refractivity contribution in [3.05, 3.63) is 29.3 Å². The number of carbonyl (C=O) groups is 1. The van der Waals surface area contributed by atoms with Crippen LogP contribution in [-0.2, 0) is 4.79 Å². The Labute approximate surface area is 115 Å². The molecule has 1 aromatic rings. The SMILES string of the molecule is Cc1ccc(NC(=O)C(C)C(C)C)cc1C#CCN. The Bertz CT molecular complexity index is 509. The van der Waals surface area contributed by atoms with Crippen molar-refractivity contribution in [1.82, 2.24) is 0 Å². The molecule has 0 saturated carbocycles. The molecule has 0 fully saturated rings. The summed E-state index contributed by atoms with van der Waals surface area (Å²) in [4.78, 5) is 12.0. The topological polar surface area (TPSA) is 55.1 Å². The molecule has 102 valence electrons. The minimum absolute atomic E-state index is 0.0140. The van der Waals surface area contributed by atoms with E-state index in [2.05, 4.69) is 17.2 Å². The zero-order valence-corrected chi connectivity index (χ0v) is 12.1. The molecule has 0 aromatic heterocycles. The van der Waals surface area contributed by atoms with Gasteiger partial charge in [-0.3, -0.25) is 4.79 Å². The standard InChI is InChI=1S/C16H22N2O/c1-11(2)13(4)16(19)18-15-8-7-12(3)14(10-15)6-5-9-17/h7-8,10-11,13H,9,17H2,1-4H3,(H,18,19). The van der Waals surface area contributed by atoms with Crippen molar-refractivity contribution in [3.8, 4) is 11.8 Å².